The minimum atomic E-state index is -0.894. The summed E-state index contributed by atoms with van der Waals surface area (Å²) in [6.07, 6.45) is 0. The van der Waals surface area contributed by atoms with Crippen molar-refractivity contribution < 1.29 is 29.3 Å². The Kier molecular flexibility index (Phi) is 7.24. The van der Waals surface area contributed by atoms with Crippen LogP contribution in [0.1, 0.15) is 20.7 Å². The summed E-state index contributed by atoms with van der Waals surface area (Å²) in [5.74, 6) is -1.68. The number of carbonyl (C=O) groups excluding carboxylic acids is 2. The summed E-state index contributed by atoms with van der Waals surface area (Å²) in [6, 6.07) is 4.83. The van der Waals surface area contributed by atoms with Gasteiger partial charge in [0.05, 0.1) is 43.0 Å². The molecule has 2 aromatic carbocycles. The molecule has 16 nitrogen and oxygen atoms in total. The Hall–Kier alpha value is -5.02. The average molecular weight is 462 g/mol. The van der Waals surface area contributed by atoms with Crippen LogP contribution in [0.15, 0.2) is 36.4 Å². The molecule has 33 heavy (non-hydrogen) atoms. The lowest BCUT2D eigenvalue weighted by molar-refractivity contribution is -0.394. The van der Waals surface area contributed by atoms with Crippen LogP contribution in [0.25, 0.3) is 0 Å². The maximum Gasteiger partial charge on any atom is 0.277 e. The van der Waals surface area contributed by atoms with E-state index in [4.69, 9.17) is 0 Å². The second kappa shape index (κ2) is 9.86. The third kappa shape index (κ3) is 6.00. The van der Waals surface area contributed by atoms with Crippen LogP contribution in [0.4, 0.5) is 22.7 Å². The first-order chi connectivity index (χ1) is 15.4. The SMILES string of the molecule is CN(CCNC(=O)c1cc([N+](=O)[O-])cc([N+](=O)[O-])c1)C(=O)c1cc([N+](=O)[O-])cc([N+](=O)[O-])c1. The number of hydrogen-bond acceptors (Lipinski definition) is 10. The number of nitrogens with one attached hydrogen (secondary N) is 1. The second-order valence-electron chi connectivity index (χ2n) is 6.49. The molecule has 0 saturated carbocycles. The van der Waals surface area contributed by atoms with E-state index in [0.29, 0.717) is 12.1 Å². The van der Waals surface area contributed by atoms with E-state index < -0.39 is 54.3 Å². The molecule has 0 radical (unpaired) electrons. The lowest BCUT2D eigenvalue weighted by Crippen LogP contribution is -2.36. The summed E-state index contributed by atoms with van der Waals surface area (Å²) in [5, 5.41) is 46.1. The topological polar surface area (TPSA) is 222 Å². The van der Waals surface area contributed by atoms with Gasteiger partial charge in [0.2, 0.25) is 0 Å². The first-order valence-electron chi connectivity index (χ1n) is 8.82. The first kappa shape index (κ1) is 24.3. The van der Waals surface area contributed by atoms with Gasteiger partial charge in [-0.2, -0.15) is 0 Å². The Balaban J connectivity index is 2.11. The van der Waals surface area contributed by atoms with Gasteiger partial charge >= 0.3 is 0 Å². The molecule has 2 rings (SSSR count). The van der Waals surface area contributed by atoms with Gasteiger partial charge in [-0.15, -0.1) is 0 Å². The minimum Gasteiger partial charge on any atom is -0.350 e. The summed E-state index contributed by atoms with van der Waals surface area (Å²) in [6.45, 7) is -0.354. The van der Waals surface area contributed by atoms with Gasteiger partial charge < -0.3 is 10.2 Å². The predicted octanol–water partition coefficient (Wildman–Crippen LogP) is 1.82. The van der Waals surface area contributed by atoms with Crippen LogP contribution in [-0.4, -0.2) is 56.5 Å². The van der Waals surface area contributed by atoms with E-state index in [2.05, 4.69) is 5.32 Å². The lowest BCUT2D eigenvalue weighted by Gasteiger charge is -2.17. The van der Waals surface area contributed by atoms with Gasteiger partial charge in [-0.3, -0.25) is 50.0 Å². The fourth-order valence-corrected chi connectivity index (χ4v) is 2.63. The van der Waals surface area contributed by atoms with Crippen molar-refractivity contribution in [3.63, 3.8) is 0 Å². The Labute approximate surface area is 183 Å². The number of nitrogens with zero attached hydrogens (tertiary/aromatic N) is 5. The maximum atomic E-state index is 12.5. The number of benzene rings is 2. The highest BCUT2D eigenvalue weighted by molar-refractivity contribution is 5.96. The number of non-ortho nitro benzene ring substituents is 4. The largest absolute Gasteiger partial charge is 0.350 e. The molecule has 0 aliphatic heterocycles. The molecule has 0 heterocycles. The van der Waals surface area contributed by atoms with Crippen molar-refractivity contribution in [2.24, 2.45) is 0 Å². The fourth-order valence-electron chi connectivity index (χ4n) is 2.63. The number of carbonyl (C=O) groups is 2. The number of amides is 2. The van der Waals surface area contributed by atoms with Crippen molar-refractivity contribution in [3.8, 4) is 0 Å². The zero-order chi connectivity index (χ0) is 24.9. The quantitative estimate of drug-likeness (QED) is 0.420. The van der Waals surface area contributed by atoms with Gasteiger partial charge in [0, 0.05) is 44.4 Å². The van der Waals surface area contributed by atoms with Crippen LogP contribution in [0.2, 0.25) is 0 Å². The zero-order valence-corrected chi connectivity index (χ0v) is 16.7. The lowest BCUT2D eigenvalue weighted by atomic mass is 10.1. The molecule has 172 valence electrons. The first-order valence-corrected chi connectivity index (χ1v) is 8.82. The Morgan fingerprint density at radius 3 is 1.45 bits per heavy atom. The van der Waals surface area contributed by atoms with Crippen molar-refractivity contribution in [1.82, 2.24) is 10.2 Å². The van der Waals surface area contributed by atoms with Crippen molar-refractivity contribution in [2.75, 3.05) is 20.1 Å². The Morgan fingerprint density at radius 1 is 0.727 bits per heavy atom. The average Bonchev–Trinajstić information content (AvgIpc) is 2.77. The molecule has 1 N–H and O–H groups in total. The summed E-state index contributed by atoms with van der Waals surface area (Å²) in [7, 11) is 1.28. The second-order valence-corrected chi connectivity index (χ2v) is 6.49. The third-order valence-electron chi connectivity index (χ3n) is 4.24. The van der Waals surface area contributed by atoms with Crippen LogP contribution >= 0.6 is 0 Å². The monoisotopic (exact) mass is 462 g/mol. The van der Waals surface area contributed by atoms with Crippen molar-refractivity contribution in [3.05, 3.63) is 88.0 Å². The molecule has 0 atom stereocenters. The van der Waals surface area contributed by atoms with Crippen molar-refractivity contribution in [1.29, 1.82) is 0 Å². The van der Waals surface area contributed by atoms with Gasteiger partial charge in [0.1, 0.15) is 0 Å². The zero-order valence-electron chi connectivity index (χ0n) is 16.7. The molecular formula is C17H14N6O10. The van der Waals surface area contributed by atoms with Crippen molar-refractivity contribution >= 4 is 34.6 Å². The number of rotatable bonds is 9. The number of nitro benzene ring substituents is 4. The molecule has 0 aliphatic rings. The number of likely N-dealkylation sites (N-methyl/N-ethyl adjacent to an activating group) is 1. The van der Waals surface area contributed by atoms with E-state index >= 15 is 0 Å². The molecule has 2 amide bonds. The normalized spacial score (nSPS) is 10.2. The molecule has 0 unspecified atom stereocenters. The van der Waals surface area contributed by atoms with Gasteiger partial charge in [-0.25, -0.2) is 0 Å². The molecule has 0 aromatic heterocycles. The molecular weight excluding hydrogens is 448 g/mol. The van der Waals surface area contributed by atoms with Crippen LogP contribution < -0.4 is 5.32 Å². The van der Waals surface area contributed by atoms with Crippen molar-refractivity contribution in [2.45, 2.75) is 0 Å². The summed E-state index contributed by atoms with van der Waals surface area (Å²) in [4.78, 5) is 66.0. The highest BCUT2D eigenvalue weighted by Gasteiger charge is 2.23. The van der Waals surface area contributed by atoms with Gasteiger partial charge in [-0.1, -0.05) is 0 Å². The summed E-state index contributed by atoms with van der Waals surface area (Å²) < 4.78 is 0. The van der Waals surface area contributed by atoms with E-state index in [1.165, 1.54) is 7.05 Å². The highest BCUT2D eigenvalue weighted by Crippen LogP contribution is 2.24. The third-order valence-corrected chi connectivity index (χ3v) is 4.24. The van der Waals surface area contributed by atoms with E-state index in [9.17, 15) is 50.0 Å². The van der Waals surface area contributed by atoms with E-state index in [1.54, 1.807) is 0 Å². The Morgan fingerprint density at radius 2 is 1.09 bits per heavy atom. The molecule has 0 bridgehead atoms. The molecule has 0 spiro atoms. The smallest absolute Gasteiger partial charge is 0.277 e. The maximum absolute atomic E-state index is 12.5. The van der Waals surface area contributed by atoms with E-state index in [-0.39, 0.29) is 24.2 Å². The Bertz CT molecular complexity index is 1120. The highest BCUT2D eigenvalue weighted by atomic mass is 16.6. The molecule has 0 saturated heterocycles. The van der Waals surface area contributed by atoms with Crippen LogP contribution in [0.3, 0.4) is 0 Å². The van der Waals surface area contributed by atoms with E-state index in [1.807, 2.05) is 0 Å². The summed E-state index contributed by atoms with van der Waals surface area (Å²) in [5.41, 5.74) is -3.29. The van der Waals surface area contributed by atoms with Gasteiger partial charge in [-0.05, 0) is 0 Å². The number of nitro groups is 4. The minimum absolute atomic E-state index is 0.155. The van der Waals surface area contributed by atoms with Gasteiger partial charge in [0.25, 0.3) is 34.6 Å². The predicted molar refractivity (Wildman–Crippen MR) is 109 cm³/mol. The molecule has 2 aromatic rings. The number of hydrogen-bond donors (Lipinski definition) is 1. The van der Waals surface area contributed by atoms with Crippen LogP contribution in [0.5, 0.6) is 0 Å². The van der Waals surface area contributed by atoms with Crippen LogP contribution in [-0.2, 0) is 0 Å². The fraction of sp³-hybridized carbons (Fsp3) is 0.176. The molecule has 0 aliphatic carbocycles. The van der Waals surface area contributed by atoms with Gasteiger partial charge in [0.15, 0.2) is 0 Å². The molecule has 16 heteroatoms. The van der Waals surface area contributed by atoms with E-state index in [0.717, 1.165) is 29.2 Å². The standard InChI is InChI=1S/C17H14N6O10/c1-19(17(25)11-6-14(22(30)31)9-15(7-11)23(32)33)3-2-18-16(24)10-4-12(20(26)27)8-13(5-10)21(28)29/h4-9H,2-3H2,1H3,(H,18,24). The van der Waals surface area contributed by atoms with Crippen LogP contribution in [0, 0.1) is 40.5 Å². The molecule has 0 fully saturated rings. The summed E-state index contributed by atoms with van der Waals surface area (Å²) >= 11 is 0.